The summed E-state index contributed by atoms with van der Waals surface area (Å²) in [6, 6.07) is 8.62. The summed E-state index contributed by atoms with van der Waals surface area (Å²) in [6.45, 7) is 5.40. The number of fused-ring (bicyclic) bond motifs is 1. The number of nitrogens with one attached hydrogen (secondary N) is 1. The molecule has 3 rings (SSSR count). The minimum atomic E-state index is -0.597. The molecule has 0 atom stereocenters. The van der Waals surface area contributed by atoms with E-state index in [1.54, 1.807) is 51.2 Å². The van der Waals surface area contributed by atoms with E-state index in [4.69, 9.17) is 20.9 Å². The zero-order valence-electron chi connectivity index (χ0n) is 15.3. The van der Waals surface area contributed by atoms with Crippen molar-refractivity contribution in [3.05, 3.63) is 42.7 Å². The molecule has 140 valence electrons. The molecule has 1 aromatic carbocycles. The van der Waals surface area contributed by atoms with Gasteiger partial charge in [-0.25, -0.2) is 9.78 Å². The molecule has 0 aliphatic carbocycles. The Bertz CT molecular complexity index is 998. The number of pyridine rings is 2. The summed E-state index contributed by atoms with van der Waals surface area (Å²) < 4.78 is 11.2. The van der Waals surface area contributed by atoms with E-state index in [1.807, 2.05) is 6.07 Å². The van der Waals surface area contributed by atoms with Crippen LogP contribution in [0.3, 0.4) is 0 Å². The van der Waals surface area contributed by atoms with Gasteiger partial charge in [-0.05, 0) is 45.0 Å². The van der Waals surface area contributed by atoms with Gasteiger partial charge in [0.15, 0.2) is 11.5 Å². The number of nitrogens with zero attached hydrogens (tertiary/aromatic N) is 2. The molecule has 0 radical (unpaired) electrons. The summed E-state index contributed by atoms with van der Waals surface area (Å²) in [4.78, 5) is 20.4. The number of rotatable bonds is 3. The van der Waals surface area contributed by atoms with Crippen molar-refractivity contribution >= 4 is 34.2 Å². The van der Waals surface area contributed by atoms with Crippen LogP contribution in [0.4, 0.5) is 22.0 Å². The lowest BCUT2D eigenvalue weighted by Gasteiger charge is -2.20. The molecule has 3 aromatic rings. The van der Waals surface area contributed by atoms with E-state index < -0.39 is 11.7 Å². The predicted octanol–water partition coefficient (Wildman–Crippen LogP) is 3.93. The Labute approximate surface area is 156 Å². The zero-order chi connectivity index (χ0) is 19.6. The molecule has 8 heteroatoms. The standard InChI is InChI=1S/C19H21N5O3/c1-19(2,3)27-18(25)24-12-6-7-14(16-11(12)5-4-9-22-16)26-13-8-10-23-17(21)15(13)20/h4-10H,20H2,1-3H3,(H2,21,23)(H,24,25). The summed E-state index contributed by atoms with van der Waals surface area (Å²) in [6.07, 6.45) is 2.60. The second-order valence-electron chi connectivity index (χ2n) is 6.85. The molecule has 0 spiro atoms. The Hall–Kier alpha value is -3.55. The Kier molecular flexibility index (Phi) is 4.72. The SMILES string of the molecule is CC(C)(C)OC(=O)Nc1ccc(Oc2ccnc(N)c2N)c2ncccc12. The Morgan fingerprint density at radius 3 is 2.56 bits per heavy atom. The van der Waals surface area contributed by atoms with Gasteiger partial charge in [-0.2, -0.15) is 0 Å². The molecule has 27 heavy (non-hydrogen) atoms. The Balaban J connectivity index is 1.96. The quantitative estimate of drug-likeness (QED) is 0.640. The maximum atomic E-state index is 12.1. The lowest BCUT2D eigenvalue weighted by Crippen LogP contribution is -2.27. The minimum absolute atomic E-state index is 0.188. The van der Waals surface area contributed by atoms with Crippen LogP contribution in [-0.2, 0) is 4.74 Å². The number of hydrogen-bond donors (Lipinski definition) is 3. The number of benzene rings is 1. The highest BCUT2D eigenvalue weighted by atomic mass is 16.6. The average Bonchev–Trinajstić information content (AvgIpc) is 2.59. The van der Waals surface area contributed by atoms with Crippen LogP contribution < -0.4 is 21.5 Å². The first kappa shape index (κ1) is 18.2. The topological polar surface area (TPSA) is 125 Å². The van der Waals surface area contributed by atoms with Crippen LogP contribution in [0.25, 0.3) is 10.9 Å². The molecule has 0 aliphatic rings. The third kappa shape index (κ3) is 4.17. The van der Waals surface area contributed by atoms with Crippen molar-refractivity contribution in [1.29, 1.82) is 0 Å². The summed E-state index contributed by atoms with van der Waals surface area (Å²) in [5.41, 5.74) is 12.4. The number of carbonyl (C=O) groups excluding carboxylic acids is 1. The van der Waals surface area contributed by atoms with E-state index in [2.05, 4.69) is 15.3 Å². The van der Waals surface area contributed by atoms with Crippen LogP contribution in [0.15, 0.2) is 42.7 Å². The highest BCUT2D eigenvalue weighted by molar-refractivity contribution is 6.01. The van der Waals surface area contributed by atoms with Gasteiger partial charge in [0.25, 0.3) is 0 Å². The molecule has 0 unspecified atom stereocenters. The molecule has 0 aliphatic heterocycles. The second kappa shape index (κ2) is 6.99. The molecular weight excluding hydrogens is 346 g/mol. The lowest BCUT2D eigenvalue weighted by atomic mass is 10.1. The number of anilines is 3. The molecule has 5 N–H and O–H groups in total. The number of carbonyl (C=O) groups is 1. The summed E-state index contributed by atoms with van der Waals surface area (Å²) in [5, 5.41) is 3.44. The number of hydrogen-bond acceptors (Lipinski definition) is 7. The minimum Gasteiger partial charge on any atom is -0.453 e. The van der Waals surface area contributed by atoms with Crippen LogP contribution in [0.5, 0.6) is 11.5 Å². The monoisotopic (exact) mass is 367 g/mol. The fraction of sp³-hybridized carbons (Fsp3) is 0.211. The molecular formula is C19H21N5O3. The smallest absolute Gasteiger partial charge is 0.412 e. The molecule has 0 saturated carbocycles. The number of nitrogens with two attached hydrogens (primary N) is 2. The number of nitrogen functional groups attached to an aromatic ring is 2. The molecule has 0 saturated heterocycles. The van der Waals surface area contributed by atoms with Crippen LogP contribution in [0.2, 0.25) is 0 Å². The first-order valence-electron chi connectivity index (χ1n) is 8.30. The fourth-order valence-electron chi connectivity index (χ4n) is 2.43. The van der Waals surface area contributed by atoms with Gasteiger partial charge < -0.3 is 20.9 Å². The van der Waals surface area contributed by atoms with Crippen molar-refractivity contribution in [1.82, 2.24) is 9.97 Å². The first-order valence-corrected chi connectivity index (χ1v) is 8.30. The number of ether oxygens (including phenoxy) is 2. The maximum absolute atomic E-state index is 12.1. The van der Waals surface area contributed by atoms with Crippen molar-refractivity contribution in [3.63, 3.8) is 0 Å². The highest BCUT2D eigenvalue weighted by Crippen LogP contribution is 2.36. The van der Waals surface area contributed by atoms with Crippen molar-refractivity contribution in [3.8, 4) is 11.5 Å². The molecule has 0 bridgehead atoms. The van der Waals surface area contributed by atoms with Gasteiger partial charge in [0.2, 0.25) is 0 Å². The van der Waals surface area contributed by atoms with Gasteiger partial charge in [0, 0.05) is 23.8 Å². The molecule has 1 amide bonds. The van der Waals surface area contributed by atoms with Gasteiger partial charge >= 0.3 is 6.09 Å². The maximum Gasteiger partial charge on any atom is 0.412 e. The summed E-state index contributed by atoms with van der Waals surface area (Å²) in [5.74, 6) is 1.04. The first-order chi connectivity index (χ1) is 12.7. The average molecular weight is 367 g/mol. The van der Waals surface area contributed by atoms with Gasteiger partial charge in [-0.15, -0.1) is 0 Å². The summed E-state index contributed by atoms with van der Waals surface area (Å²) >= 11 is 0. The van der Waals surface area contributed by atoms with Crippen molar-refractivity contribution in [2.75, 3.05) is 16.8 Å². The third-order valence-electron chi connectivity index (χ3n) is 3.57. The largest absolute Gasteiger partial charge is 0.453 e. The Morgan fingerprint density at radius 1 is 1.04 bits per heavy atom. The van der Waals surface area contributed by atoms with E-state index in [0.717, 1.165) is 0 Å². The van der Waals surface area contributed by atoms with Crippen LogP contribution >= 0.6 is 0 Å². The molecule has 8 nitrogen and oxygen atoms in total. The van der Waals surface area contributed by atoms with E-state index in [0.29, 0.717) is 28.1 Å². The highest BCUT2D eigenvalue weighted by Gasteiger charge is 2.18. The molecule has 0 fully saturated rings. The van der Waals surface area contributed by atoms with Gasteiger partial charge in [0.1, 0.15) is 22.6 Å². The van der Waals surface area contributed by atoms with E-state index in [-0.39, 0.29) is 11.5 Å². The second-order valence-corrected chi connectivity index (χ2v) is 6.85. The molecule has 2 aromatic heterocycles. The van der Waals surface area contributed by atoms with Crippen LogP contribution in [0.1, 0.15) is 20.8 Å². The van der Waals surface area contributed by atoms with E-state index in [1.165, 1.54) is 6.20 Å². The van der Waals surface area contributed by atoms with Crippen molar-refractivity contribution < 1.29 is 14.3 Å². The van der Waals surface area contributed by atoms with E-state index >= 15 is 0 Å². The van der Waals surface area contributed by atoms with Crippen LogP contribution in [0, 0.1) is 0 Å². The lowest BCUT2D eigenvalue weighted by molar-refractivity contribution is 0.0636. The number of amides is 1. The molecule has 2 heterocycles. The van der Waals surface area contributed by atoms with Crippen molar-refractivity contribution in [2.24, 2.45) is 0 Å². The van der Waals surface area contributed by atoms with Crippen LogP contribution in [-0.4, -0.2) is 21.7 Å². The van der Waals surface area contributed by atoms with E-state index in [9.17, 15) is 4.79 Å². The number of aromatic nitrogens is 2. The predicted molar refractivity (Wildman–Crippen MR) is 105 cm³/mol. The Morgan fingerprint density at radius 2 is 1.81 bits per heavy atom. The van der Waals surface area contributed by atoms with Gasteiger partial charge in [-0.3, -0.25) is 10.3 Å². The van der Waals surface area contributed by atoms with Gasteiger partial charge in [-0.1, -0.05) is 0 Å². The zero-order valence-corrected chi connectivity index (χ0v) is 15.3. The normalized spacial score (nSPS) is 11.2. The fourth-order valence-corrected chi connectivity index (χ4v) is 2.43. The summed E-state index contributed by atoms with van der Waals surface area (Å²) in [7, 11) is 0. The third-order valence-corrected chi connectivity index (χ3v) is 3.57. The van der Waals surface area contributed by atoms with Crippen molar-refractivity contribution in [2.45, 2.75) is 26.4 Å². The van der Waals surface area contributed by atoms with Gasteiger partial charge in [0.05, 0.1) is 5.69 Å².